The van der Waals surface area contributed by atoms with Gasteiger partial charge in [-0.05, 0) is 24.1 Å². The van der Waals surface area contributed by atoms with Gasteiger partial charge in [0.1, 0.15) is 0 Å². The molecule has 1 fully saturated rings. The maximum absolute atomic E-state index is 11.8. The lowest BCUT2D eigenvalue weighted by molar-refractivity contribution is -0.139. The molecule has 18 heavy (non-hydrogen) atoms. The fourth-order valence-electron chi connectivity index (χ4n) is 1.90. The highest BCUT2D eigenvalue weighted by Crippen LogP contribution is 2.39. The first kappa shape index (κ1) is 12.6. The van der Waals surface area contributed by atoms with Crippen LogP contribution >= 0.6 is 0 Å². The molecule has 0 bridgehead atoms. The maximum atomic E-state index is 11.8. The third-order valence-corrected chi connectivity index (χ3v) is 2.95. The number of benzene rings is 1. The molecule has 0 spiro atoms. The first-order valence-corrected chi connectivity index (χ1v) is 5.73. The first-order valence-electron chi connectivity index (χ1n) is 5.73. The molecular formula is C13H15NO4. The summed E-state index contributed by atoms with van der Waals surface area (Å²) in [4.78, 5) is 22.4. The number of methoxy groups -OCH3 is 1. The van der Waals surface area contributed by atoms with Gasteiger partial charge in [0.15, 0.2) is 0 Å². The van der Waals surface area contributed by atoms with Crippen LogP contribution in [0.4, 0.5) is 5.69 Å². The Hall–Kier alpha value is -1.88. The summed E-state index contributed by atoms with van der Waals surface area (Å²) in [6.45, 7) is 0.477. The minimum atomic E-state index is -0.900. The summed E-state index contributed by atoms with van der Waals surface area (Å²) in [5.74, 6) is -2.04. The van der Waals surface area contributed by atoms with E-state index in [4.69, 9.17) is 9.84 Å². The van der Waals surface area contributed by atoms with Gasteiger partial charge >= 0.3 is 5.97 Å². The van der Waals surface area contributed by atoms with Crippen molar-refractivity contribution >= 4 is 17.6 Å². The Morgan fingerprint density at radius 3 is 2.83 bits per heavy atom. The topological polar surface area (TPSA) is 75.6 Å². The molecular weight excluding hydrogens is 234 g/mol. The van der Waals surface area contributed by atoms with E-state index in [9.17, 15) is 9.59 Å². The summed E-state index contributed by atoms with van der Waals surface area (Å²) in [5.41, 5.74) is 1.63. The number of amides is 1. The number of carbonyl (C=O) groups excluding carboxylic acids is 1. The molecule has 0 aromatic heterocycles. The fraction of sp³-hybridized carbons (Fsp3) is 0.385. The smallest absolute Gasteiger partial charge is 0.307 e. The van der Waals surface area contributed by atoms with Gasteiger partial charge in [0.25, 0.3) is 0 Å². The molecule has 0 aliphatic heterocycles. The largest absolute Gasteiger partial charge is 0.481 e. The number of hydrogen-bond acceptors (Lipinski definition) is 3. The van der Waals surface area contributed by atoms with Gasteiger partial charge in [-0.1, -0.05) is 12.1 Å². The lowest BCUT2D eigenvalue weighted by Gasteiger charge is -2.06. The van der Waals surface area contributed by atoms with Crippen LogP contribution in [0.5, 0.6) is 0 Å². The van der Waals surface area contributed by atoms with Crippen molar-refractivity contribution < 1.29 is 19.4 Å². The Bertz CT molecular complexity index is 472. The van der Waals surface area contributed by atoms with Gasteiger partial charge in [0.2, 0.25) is 5.91 Å². The van der Waals surface area contributed by atoms with E-state index in [0.717, 1.165) is 5.56 Å². The van der Waals surface area contributed by atoms with Gasteiger partial charge in [-0.2, -0.15) is 0 Å². The molecule has 0 radical (unpaired) electrons. The molecule has 1 aromatic carbocycles. The average Bonchev–Trinajstić information content (AvgIpc) is 3.09. The van der Waals surface area contributed by atoms with Gasteiger partial charge in [0, 0.05) is 12.8 Å². The van der Waals surface area contributed by atoms with Crippen molar-refractivity contribution in [3.8, 4) is 0 Å². The number of carbonyl (C=O) groups is 2. The Kier molecular flexibility index (Phi) is 3.62. The first-order chi connectivity index (χ1) is 8.61. The normalized spacial score (nSPS) is 21.4. The van der Waals surface area contributed by atoms with E-state index in [-0.39, 0.29) is 5.91 Å². The molecule has 96 valence electrons. The van der Waals surface area contributed by atoms with E-state index in [0.29, 0.717) is 18.7 Å². The Morgan fingerprint density at radius 1 is 1.44 bits per heavy atom. The summed E-state index contributed by atoms with van der Waals surface area (Å²) in [7, 11) is 1.60. The number of hydrogen-bond donors (Lipinski definition) is 2. The van der Waals surface area contributed by atoms with Gasteiger partial charge in [-0.3, -0.25) is 9.59 Å². The Labute approximate surface area is 105 Å². The summed E-state index contributed by atoms with van der Waals surface area (Å²) in [5, 5.41) is 11.5. The van der Waals surface area contributed by atoms with Crippen molar-refractivity contribution in [2.45, 2.75) is 13.0 Å². The molecule has 1 aromatic rings. The summed E-state index contributed by atoms with van der Waals surface area (Å²) in [6, 6.07) is 7.32. The number of carboxylic acids is 1. The molecule has 5 heteroatoms. The molecule has 1 amide bonds. The second-order valence-electron chi connectivity index (χ2n) is 4.41. The summed E-state index contributed by atoms with van der Waals surface area (Å²) < 4.78 is 5.01. The van der Waals surface area contributed by atoms with E-state index in [2.05, 4.69) is 5.32 Å². The van der Waals surface area contributed by atoms with E-state index in [1.165, 1.54) is 0 Å². The third kappa shape index (κ3) is 2.87. The zero-order chi connectivity index (χ0) is 13.1. The van der Waals surface area contributed by atoms with E-state index in [1.807, 2.05) is 18.2 Å². The molecule has 1 saturated carbocycles. The SMILES string of the molecule is COCc1cccc(NC(=O)C2CC2C(=O)O)c1. The monoisotopic (exact) mass is 249 g/mol. The van der Waals surface area contributed by atoms with Crippen LogP contribution in [-0.2, 0) is 20.9 Å². The van der Waals surface area contributed by atoms with Crippen molar-refractivity contribution in [3.05, 3.63) is 29.8 Å². The van der Waals surface area contributed by atoms with Gasteiger partial charge < -0.3 is 15.2 Å². The standard InChI is InChI=1S/C13H15NO4/c1-18-7-8-3-2-4-9(5-8)14-12(15)10-6-11(10)13(16)17/h2-5,10-11H,6-7H2,1H3,(H,14,15)(H,16,17). The van der Waals surface area contributed by atoms with Crippen LogP contribution < -0.4 is 5.32 Å². The molecule has 1 aliphatic carbocycles. The van der Waals surface area contributed by atoms with Crippen LogP contribution in [0.15, 0.2) is 24.3 Å². The zero-order valence-corrected chi connectivity index (χ0v) is 10.1. The highest BCUT2D eigenvalue weighted by Gasteiger charge is 2.48. The highest BCUT2D eigenvalue weighted by atomic mass is 16.5. The van der Waals surface area contributed by atoms with Crippen molar-refractivity contribution in [1.29, 1.82) is 0 Å². The third-order valence-electron chi connectivity index (χ3n) is 2.95. The number of carboxylic acid groups (broad SMARTS) is 1. The number of ether oxygens (including phenoxy) is 1. The van der Waals surface area contributed by atoms with Crippen LogP contribution in [0, 0.1) is 11.8 Å². The molecule has 0 saturated heterocycles. The Balaban J connectivity index is 1.95. The van der Waals surface area contributed by atoms with Crippen molar-refractivity contribution in [2.75, 3.05) is 12.4 Å². The van der Waals surface area contributed by atoms with Gasteiger partial charge in [-0.15, -0.1) is 0 Å². The molecule has 2 atom stereocenters. The van der Waals surface area contributed by atoms with Crippen LogP contribution in [-0.4, -0.2) is 24.1 Å². The van der Waals surface area contributed by atoms with Gasteiger partial charge in [0.05, 0.1) is 18.4 Å². The van der Waals surface area contributed by atoms with Crippen LogP contribution in [0.1, 0.15) is 12.0 Å². The summed E-state index contributed by atoms with van der Waals surface area (Å²) >= 11 is 0. The minimum absolute atomic E-state index is 0.225. The Morgan fingerprint density at radius 2 is 2.22 bits per heavy atom. The van der Waals surface area contributed by atoms with E-state index in [1.54, 1.807) is 13.2 Å². The van der Waals surface area contributed by atoms with Crippen LogP contribution in [0.3, 0.4) is 0 Å². The second-order valence-corrected chi connectivity index (χ2v) is 4.41. The van der Waals surface area contributed by atoms with E-state index < -0.39 is 17.8 Å². The van der Waals surface area contributed by atoms with Gasteiger partial charge in [-0.25, -0.2) is 0 Å². The predicted molar refractivity (Wildman–Crippen MR) is 65.0 cm³/mol. The van der Waals surface area contributed by atoms with Crippen molar-refractivity contribution in [2.24, 2.45) is 11.8 Å². The molecule has 1 aliphatic rings. The second kappa shape index (κ2) is 5.18. The van der Waals surface area contributed by atoms with Crippen LogP contribution in [0.2, 0.25) is 0 Å². The quantitative estimate of drug-likeness (QED) is 0.829. The van der Waals surface area contributed by atoms with Crippen molar-refractivity contribution in [3.63, 3.8) is 0 Å². The van der Waals surface area contributed by atoms with Crippen molar-refractivity contribution in [1.82, 2.24) is 0 Å². The number of nitrogens with one attached hydrogen (secondary N) is 1. The molecule has 2 N–H and O–H groups in total. The molecule has 0 heterocycles. The fourth-order valence-corrected chi connectivity index (χ4v) is 1.90. The van der Waals surface area contributed by atoms with E-state index >= 15 is 0 Å². The molecule has 2 unspecified atom stereocenters. The zero-order valence-electron chi connectivity index (χ0n) is 10.1. The predicted octanol–water partition coefficient (Wildman–Crippen LogP) is 1.49. The molecule has 5 nitrogen and oxygen atoms in total. The minimum Gasteiger partial charge on any atom is -0.481 e. The lowest BCUT2D eigenvalue weighted by Crippen LogP contribution is -2.16. The lowest BCUT2D eigenvalue weighted by atomic mass is 10.2. The highest BCUT2D eigenvalue weighted by molar-refractivity contribution is 5.98. The average molecular weight is 249 g/mol. The number of aliphatic carboxylic acids is 1. The summed E-state index contributed by atoms with van der Waals surface area (Å²) in [6.07, 6.45) is 0.429. The number of anilines is 1. The molecule has 2 rings (SSSR count). The number of rotatable bonds is 5. The maximum Gasteiger partial charge on any atom is 0.307 e. The van der Waals surface area contributed by atoms with Crippen LogP contribution in [0.25, 0.3) is 0 Å².